The number of likely N-dealkylation sites (N-methyl/N-ethyl adjacent to an activating group) is 1. The second-order valence-electron chi connectivity index (χ2n) is 4.26. The van der Waals surface area contributed by atoms with Crippen LogP contribution in [0.2, 0.25) is 0 Å². The maximum absolute atomic E-state index is 5.58. The van der Waals surface area contributed by atoms with E-state index in [1.54, 1.807) is 0 Å². The second kappa shape index (κ2) is 4.77. The highest BCUT2D eigenvalue weighted by atomic mass is 16.5. The highest BCUT2D eigenvalue weighted by molar-refractivity contribution is 5.03. The first-order valence-electron chi connectivity index (χ1n) is 5.46. The third-order valence-electron chi connectivity index (χ3n) is 2.65. The molecule has 84 valence electrons. The molecule has 0 aromatic carbocycles. The SMILES string of the molecule is Cc1cc(CN(C)C[C@H]2CCCO2)no1. The van der Waals surface area contributed by atoms with Gasteiger partial charge in [0.2, 0.25) is 0 Å². The van der Waals surface area contributed by atoms with Gasteiger partial charge >= 0.3 is 0 Å². The molecule has 4 heteroatoms. The van der Waals surface area contributed by atoms with E-state index in [1.807, 2.05) is 13.0 Å². The Labute approximate surface area is 90.2 Å². The van der Waals surface area contributed by atoms with Crippen LogP contribution in [0.3, 0.4) is 0 Å². The van der Waals surface area contributed by atoms with Crippen molar-refractivity contribution < 1.29 is 9.26 Å². The molecule has 2 heterocycles. The smallest absolute Gasteiger partial charge is 0.133 e. The number of aromatic nitrogens is 1. The van der Waals surface area contributed by atoms with E-state index in [2.05, 4.69) is 17.1 Å². The van der Waals surface area contributed by atoms with Gasteiger partial charge in [0.1, 0.15) is 5.76 Å². The van der Waals surface area contributed by atoms with Crippen LogP contribution in [-0.4, -0.2) is 36.4 Å². The number of hydrogen-bond donors (Lipinski definition) is 0. The zero-order chi connectivity index (χ0) is 10.7. The molecular formula is C11H18N2O2. The molecule has 1 aromatic rings. The molecule has 1 saturated heterocycles. The summed E-state index contributed by atoms with van der Waals surface area (Å²) < 4.78 is 10.6. The van der Waals surface area contributed by atoms with Gasteiger partial charge in [0, 0.05) is 25.8 Å². The first-order valence-corrected chi connectivity index (χ1v) is 5.46. The lowest BCUT2D eigenvalue weighted by Gasteiger charge is -2.18. The van der Waals surface area contributed by atoms with Gasteiger partial charge in [0.05, 0.1) is 11.8 Å². The van der Waals surface area contributed by atoms with E-state index in [9.17, 15) is 0 Å². The van der Waals surface area contributed by atoms with Crippen LogP contribution in [-0.2, 0) is 11.3 Å². The normalized spacial score (nSPS) is 21.4. The predicted molar refractivity (Wildman–Crippen MR) is 56.5 cm³/mol. The van der Waals surface area contributed by atoms with E-state index >= 15 is 0 Å². The zero-order valence-corrected chi connectivity index (χ0v) is 9.40. The second-order valence-corrected chi connectivity index (χ2v) is 4.26. The van der Waals surface area contributed by atoms with Gasteiger partial charge in [-0.15, -0.1) is 0 Å². The maximum Gasteiger partial charge on any atom is 0.133 e. The predicted octanol–water partition coefficient (Wildman–Crippen LogP) is 1.59. The Morgan fingerprint density at radius 3 is 3.07 bits per heavy atom. The summed E-state index contributed by atoms with van der Waals surface area (Å²) in [6.07, 6.45) is 2.78. The summed E-state index contributed by atoms with van der Waals surface area (Å²) in [5.41, 5.74) is 0.994. The Morgan fingerprint density at radius 2 is 2.47 bits per heavy atom. The topological polar surface area (TPSA) is 38.5 Å². The van der Waals surface area contributed by atoms with Crippen molar-refractivity contribution in [1.82, 2.24) is 10.1 Å². The molecule has 0 aliphatic carbocycles. The van der Waals surface area contributed by atoms with Crippen molar-refractivity contribution in [2.75, 3.05) is 20.2 Å². The van der Waals surface area contributed by atoms with Gasteiger partial charge in [-0.1, -0.05) is 5.16 Å². The highest BCUT2D eigenvalue weighted by Gasteiger charge is 2.17. The molecule has 1 aliphatic heterocycles. The van der Waals surface area contributed by atoms with Crippen molar-refractivity contribution in [3.8, 4) is 0 Å². The van der Waals surface area contributed by atoms with Crippen molar-refractivity contribution >= 4 is 0 Å². The lowest BCUT2D eigenvalue weighted by Crippen LogP contribution is -2.28. The average Bonchev–Trinajstić information content (AvgIpc) is 2.77. The van der Waals surface area contributed by atoms with Crippen molar-refractivity contribution in [2.24, 2.45) is 0 Å². The quantitative estimate of drug-likeness (QED) is 0.756. The highest BCUT2D eigenvalue weighted by Crippen LogP contribution is 2.13. The fraction of sp³-hybridized carbons (Fsp3) is 0.727. The molecule has 0 spiro atoms. The van der Waals surface area contributed by atoms with E-state index in [4.69, 9.17) is 9.26 Å². The van der Waals surface area contributed by atoms with Gasteiger partial charge in [0.25, 0.3) is 0 Å². The van der Waals surface area contributed by atoms with Crippen LogP contribution in [0, 0.1) is 6.92 Å². The third kappa shape index (κ3) is 3.04. The summed E-state index contributed by atoms with van der Waals surface area (Å²) in [6.45, 7) is 4.64. The van der Waals surface area contributed by atoms with E-state index < -0.39 is 0 Å². The lowest BCUT2D eigenvalue weighted by molar-refractivity contribution is 0.0787. The van der Waals surface area contributed by atoms with Crippen LogP contribution in [0.5, 0.6) is 0 Å². The molecule has 1 aliphatic rings. The van der Waals surface area contributed by atoms with Crippen molar-refractivity contribution in [3.05, 3.63) is 17.5 Å². The number of aryl methyl sites for hydroxylation is 1. The van der Waals surface area contributed by atoms with E-state index in [0.717, 1.165) is 31.2 Å². The molecule has 0 bridgehead atoms. The Bertz CT molecular complexity index is 305. The van der Waals surface area contributed by atoms with Crippen LogP contribution in [0.1, 0.15) is 24.3 Å². The molecule has 1 atom stereocenters. The molecule has 2 rings (SSSR count). The number of hydrogen-bond acceptors (Lipinski definition) is 4. The first kappa shape index (κ1) is 10.6. The Balaban J connectivity index is 1.78. The zero-order valence-electron chi connectivity index (χ0n) is 9.40. The fourth-order valence-electron chi connectivity index (χ4n) is 1.97. The van der Waals surface area contributed by atoms with Crippen LogP contribution in [0.4, 0.5) is 0 Å². The third-order valence-corrected chi connectivity index (χ3v) is 2.65. The Hall–Kier alpha value is -0.870. The molecule has 0 N–H and O–H groups in total. The van der Waals surface area contributed by atoms with Crippen LogP contribution in [0.25, 0.3) is 0 Å². The van der Waals surface area contributed by atoms with Crippen molar-refractivity contribution in [1.29, 1.82) is 0 Å². The number of nitrogens with zero attached hydrogens (tertiary/aromatic N) is 2. The summed E-state index contributed by atoms with van der Waals surface area (Å²) >= 11 is 0. The van der Waals surface area contributed by atoms with Crippen molar-refractivity contribution in [2.45, 2.75) is 32.4 Å². The van der Waals surface area contributed by atoms with E-state index in [-0.39, 0.29) is 0 Å². The van der Waals surface area contributed by atoms with Crippen LogP contribution >= 0.6 is 0 Å². The van der Waals surface area contributed by atoms with Gasteiger partial charge in [-0.05, 0) is 26.8 Å². The van der Waals surface area contributed by atoms with E-state index in [1.165, 1.54) is 12.8 Å². The summed E-state index contributed by atoms with van der Waals surface area (Å²) in [7, 11) is 2.09. The summed E-state index contributed by atoms with van der Waals surface area (Å²) in [6, 6.07) is 1.98. The molecule has 4 nitrogen and oxygen atoms in total. The molecule has 0 unspecified atom stereocenters. The fourth-order valence-corrected chi connectivity index (χ4v) is 1.97. The Morgan fingerprint density at radius 1 is 1.60 bits per heavy atom. The molecule has 1 aromatic heterocycles. The van der Waals surface area contributed by atoms with Crippen molar-refractivity contribution in [3.63, 3.8) is 0 Å². The molecule has 0 amide bonds. The van der Waals surface area contributed by atoms with Gasteiger partial charge in [-0.25, -0.2) is 0 Å². The molecule has 15 heavy (non-hydrogen) atoms. The largest absolute Gasteiger partial charge is 0.377 e. The molecular weight excluding hydrogens is 192 g/mol. The van der Waals surface area contributed by atoms with Gasteiger partial charge in [-0.3, -0.25) is 4.90 Å². The van der Waals surface area contributed by atoms with Gasteiger partial charge in [0.15, 0.2) is 0 Å². The molecule has 0 radical (unpaired) electrons. The minimum atomic E-state index is 0.406. The monoisotopic (exact) mass is 210 g/mol. The number of ether oxygens (including phenoxy) is 1. The number of rotatable bonds is 4. The van der Waals surface area contributed by atoms with Gasteiger partial charge < -0.3 is 9.26 Å². The van der Waals surface area contributed by atoms with Crippen LogP contribution in [0.15, 0.2) is 10.6 Å². The van der Waals surface area contributed by atoms with E-state index in [0.29, 0.717) is 6.10 Å². The minimum absolute atomic E-state index is 0.406. The van der Waals surface area contributed by atoms with Crippen LogP contribution < -0.4 is 0 Å². The summed E-state index contributed by atoms with van der Waals surface area (Å²) in [5.74, 6) is 0.871. The Kier molecular flexibility index (Phi) is 3.38. The van der Waals surface area contributed by atoms with Gasteiger partial charge in [-0.2, -0.15) is 0 Å². The average molecular weight is 210 g/mol. The molecule has 0 saturated carbocycles. The summed E-state index contributed by atoms with van der Waals surface area (Å²) in [5, 5.41) is 3.97. The minimum Gasteiger partial charge on any atom is -0.377 e. The summed E-state index contributed by atoms with van der Waals surface area (Å²) in [4.78, 5) is 2.23. The lowest BCUT2D eigenvalue weighted by atomic mass is 10.2. The maximum atomic E-state index is 5.58. The molecule has 1 fully saturated rings. The standard InChI is InChI=1S/C11H18N2O2/c1-9-6-10(12-15-9)7-13(2)8-11-4-3-5-14-11/h6,11H,3-5,7-8H2,1-2H3/t11-/m1/s1. The first-order chi connectivity index (χ1) is 7.24.